The van der Waals surface area contributed by atoms with Crippen molar-refractivity contribution < 1.29 is 9.90 Å². The molecule has 0 saturated heterocycles. The van der Waals surface area contributed by atoms with Crippen molar-refractivity contribution in [2.45, 2.75) is 51.9 Å². The average Bonchev–Trinajstić information content (AvgIpc) is 2.51. The van der Waals surface area contributed by atoms with Gasteiger partial charge in [-0.15, -0.1) is 0 Å². The van der Waals surface area contributed by atoms with E-state index in [1.54, 1.807) is 11.1 Å². The minimum atomic E-state index is -0.670. The van der Waals surface area contributed by atoms with Gasteiger partial charge in [-0.05, 0) is 38.5 Å². The van der Waals surface area contributed by atoms with E-state index in [0.717, 1.165) is 19.3 Å². The normalized spacial score (nSPS) is 16.7. The van der Waals surface area contributed by atoms with Crippen molar-refractivity contribution in [3.63, 3.8) is 0 Å². The lowest BCUT2D eigenvalue weighted by atomic mass is 10.0. The smallest absolute Gasteiger partial charge is 0.303 e. The van der Waals surface area contributed by atoms with Crippen LogP contribution in [0.5, 0.6) is 0 Å². The molecule has 2 nitrogen and oxygen atoms in total. The first-order chi connectivity index (χ1) is 6.24. The summed E-state index contributed by atoms with van der Waals surface area (Å²) in [6, 6.07) is 0. The Morgan fingerprint density at radius 2 is 2.08 bits per heavy atom. The lowest BCUT2D eigenvalue weighted by molar-refractivity contribution is -0.137. The Bertz CT molecular complexity index is 216. The predicted octanol–water partition coefficient (Wildman–Crippen LogP) is 3.13. The molecule has 0 spiro atoms. The fourth-order valence-corrected chi connectivity index (χ4v) is 2.05. The molecule has 13 heavy (non-hydrogen) atoms. The topological polar surface area (TPSA) is 37.3 Å². The summed E-state index contributed by atoms with van der Waals surface area (Å²) in [6.07, 6.45) is 7.04. The van der Waals surface area contributed by atoms with Crippen molar-refractivity contribution in [1.82, 2.24) is 0 Å². The predicted molar refractivity (Wildman–Crippen MR) is 52.7 cm³/mol. The van der Waals surface area contributed by atoms with Crippen LogP contribution >= 0.6 is 0 Å². The molecule has 0 aromatic carbocycles. The summed E-state index contributed by atoms with van der Waals surface area (Å²) in [5, 5.41) is 8.49. The molecule has 0 atom stereocenters. The zero-order chi connectivity index (χ0) is 9.68. The van der Waals surface area contributed by atoms with Crippen LogP contribution in [0.25, 0.3) is 0 Å². The SMILES string of the molecule is CCC1=C(CCCC(=O)O)CCC1. The number of allylic oxidation sites excluding steroid dienone is 2. The second-order valence-corrected chi connectivity index (χ2v) is 3.66. The van der Waals surface area contributed by atoms with Gasteiger partial charge < -0.3 is 5.11 Å². The largest absolute Gasteiger partial charge is 0.481 e. The van der Waals surface area contributed by atoms with Crippen LogP contribution in [0.15, 0.2) is 11.1 Å². The Morgan fingerprint density at radius 3 is 2.69 bits per heavy atom. The quantitative estimate of drug-likeness (QED) is 0.663. The van der Waals surface area contributed by atoms with Gasteiger partial charge in [0, 0.05) is 6.42 Å². The van der Waals surface area contributed by atoms with E-state index in [0.29, 0.717) is 6.42 Å². The van der Waals surface area contributed by atoms with E-state index < -0.39 is 5.97 Å². The minimum Gasteiger partial charge on any atom is -0.481 e. The standard InChI is InChI=1S/C11H18O2/c1-2-9-5-3-6-10(9)7-4-8-11(12)13/h2-8H2,1H3,(H,12,13). The van der Waals surface area contributed by atoms with Crippen molar-refractivity contribution in [3.8, 4) is 0 Å². The fourth-order valence-electron chi connectivity index (χ4n) is 2.05. The zero-order valence-corrected chi connectivity index (χ0v) is 8.31. The van der Waals surface area contributed by atoms with Gasteiger partial charge in [-0.1, -0.05) is 18.1 Å². The van der Waals surface area contributed by atoms with E-state index in [4.69, 9.17) is 5.11 Å². The highest BCUT2D eigenvalue weighted by Gasteiger charge is 2.12. The Balaban J connectivity index is 2.31. The summed E-state index contributed by atoms with van der Waals surface area (Å²) in [5.41, 5.74) is 3.13. The molecule has 0 aromatic heterocycles. The molecule has 0 fully saturated rings. The highest BCUT2D eigenvalue weighted by Crippen LogP contribution is 2.31. The maximum atomic E-state index is 10.3. The second-order valence-electron chi connectivity index (χ2n) is 3.66. The monoisotopic (exact) mass is 182 g/mol. The molecule has 0 heterocycles. The molecule has 74 valence electrons. The molecule has 0 aromatic rings. The Hall–Kier alpha value is -0.790. The van der Waals surface area contributed by atoms with Crippen LogP contribution in [0.4, 0.5) is 0 Å². The molecular formula is C11H18O2. The Morgan fingerprint density at radius 1 is 1.38 bits per heavy atom. The summed E-state index contributed by atoms with van der Waals surface area (Å²) in [6.45, 7) is 2.19. The molecule has 0 unspecified atom stereocenters. The van der Waals surface area contributed by atoms with E-state index in [9.17, 15) is 4.79 Å². The van der Waals surface area contributed by atoms with E-state index in [-0.39, 0.29) is 0 Å². The number of hydrogen-bond donors (Lipinski definition) is 1. The fraction of sp³-hybridized carbons (Fsp3) is 0.727. The first-order valence-electron chi connectivity index (χ1n) is 5.15. The number of rotatable bonds is 5. The van der Waals surface area contributed by atoms with Gasteiger partial charge in [0.15, 0.2) is 0 Å². The second kappa shape index (κ2) is 5.05. The third-order valence-electron chi connectivity index (χ3n) is 2.75. The maximum absolute atomic E-state index is 10.3. The number of carbonyl (C=O) groups is 1. The van der Waals surface area contributed by atoms with Gasteiger partial charge in [-0.2, -0.15) is 0 Å². The van der Waals surface area contributed by atoms with Crippen molar-refractivity contribution in [2.24, 2.45) is 0 Å². The lowest BCUT2D eigenvalue weighted by Gasteiger charge is -2.03. The van der Waals surface area contributed by atoms with Crippen LogP contribution in [0, 0.1) is 0 Å². The molecule has 0 amide bonds. The van der Waals surface area contributed by atoms with Crippen molar-refractivity contribution in [3.05, 3.63) is 11.1 Å². The van der Waals surface area contributed by atoms with Crippen LogP contribution in [0.2, 0.25) is 0 Å². The summed E-state index contributed by atoms with van der Waals surface area (Å²) in [4.78, 5) is 10.3. The first-order valence-corrected chi connectivity index (χ1v) is 5.15. The minimum absolute atomic E-state index is 0.320. The van der Waals surface area contributed by atoms with Gasteiger partial charge in [-0.3, -0.25) is 4.79 Å². The summed E-state index contributed by atoms with van der Waals surface area (Å²) < 4.78 is 0. The van der Waals surface area contributed by atoms with E-state index >= 15 is 0 Å². The van der Waals surface area contributed by atoms with Crippen molar-refractivity contribution in [2.75, 3.05) is 0 Å². The van der Waals surface area contributed by atoms with E-state index in [1.165, 1.54) is 19.3 Å². The zero-order valence-electron chi connectivity index (χ0n) is 8.31. The number of hydrogen-bond acceptors (Lipinski definition) is 1. The summed E-state index contributed by atoms with van der Waals surface area (Å²) >= 11 is 0. The molecule has 1 rings (SSSR count). The third-order valence-corrected chi connectivity index (χ3v) is 2.75. The van der Waals surface area contributed by atoms with Gasteiger partial charge in [0.25, 0.3) is 0 Å². The highest BCUT2D eigenvalue weighted by atomic mass is 16.4. The molecular weight excluding hydrogens is 164 g/mol. The molecule has 1 aliphatic rings. The van der Waals surface area contributed by atoms with Gasteiger partial charge in [0.2, 0.25) is 0 Å². The maximum Gasteiger partial charge on any atom is 0.303 e. The van der Waals surface area contributed by atoms with Crippen LogP contribution in [0.3, 0.4) is 0 Å². The highest BCUT2D eigenvalue weighted by molar-refractivity contribution is 5.66. The number of aliphatic carboxylic acids is 1. The van der Waals surface area contributed by atoms with Gasteiger partial charge >= 0.3 is 5.97 Å². The van der Waals surface area contributed by atoms with Crippen molar-refractivity contribution >= 4 is 5.97 Å². The third kappa shape index (κ3) is 3.21. The Labute approximate surface area is 79.6 Å². The first kappa shape index (κ1) is 10.3. The molecule has 0 bridgehead atoms. The van der Waals surface area contributed by atoms with Crippen LogP contribution in [-0.4, -0.2) is 11.1 Å². The molecule has 0 aliphatic heterocycles. The van der Waals surface area contributed by atoms with E-state index in [2.05, 4.69) is 6.92 Å². The van der Waals surface area contributed by atoms with Gasteiger partial charge in [0.05, 0.1) is 0 Å². The average molecular weight is 182 g/mol. The molecule has 1 aliphatic carbocycles. The molecule has 2 heteroatoms. The molecule has 0 saturated carbocycles. The van der Waals surface area contributed by atoms with Crippen LogP contribution in [-0.2, 0) is 4.79 Å². The summed E-state index contributed by atoms with van der Waals surface area (Å²) in [7, 11) is 0. The number of carboxylic acids is 1. The Kier molecular flexibility index (Phi) is 4.00. The van der Waals surface area contributed by atoms with Gasteiger partial charge in [-0.25, -0.2) is 0 Å². The lowest BCUT2D eigenvalue weighted by Crippen LogP contribution is -1.94. The molecule has 0 radical (unpaired) electrons. The van der Waals surface area contributed by atoms with Crippen molar-refractivity contribution in [1.29, 1.82) is 0 Å². The van der Waals surface area contributed by atoms with Gasteiger partial charge in [0.1, 0.15) is 0 Å². The van der Waals surface area contributed by atoms with Crippen LogP contribution < -0.4 is 0 Å². The van der Waals surface area contributed by atoms with E-state index in [1.807, 2.05) is 0 Å². The molecule has 1 N–H and O–H groups in total. The van der Waals surface area contributed by atoms with Crippen LogP contribution in [0.1, 0.15) is 51.9 Å². The summed E-state index contributed by atoms with van der Waals surface area (Å²) in [5.74, 6) is -0.670. The number of carboxylic acid groups (broad SMARTS) is 1.